The molecular formula is C24H36. The summed E-state index contributed by atoms with van der Waals surface area (Å²) in [6, 6.07) is 10.9. The summed E-state index contributed by atoms with van der Waals surface area (Å²) in [5.74, 6) is 0. The summed E-state index contributed by atoms with van der Waals surface area (Å²) < 4.78 is 0. The lowest BCUT2D eigenvalue weighted by molar-refractivity contribution is 0.552. The smallest absolute Gasteiger partial charge is 0.0279 e. The molecule has 0 radical (unpaired) electrons. The Morgan fingerprint density at radius 3 is 1.83 bits per heavy atom. The molecule has 0 aromatic heterocycles. The van der Waals surface area contributed by atoms with Crippen LogP contribution in [0.4, 0.5) is 0 Å². The molecule has 0 fully saturated rings. The van der Waals surface area contributed by atoms with Gasteiger partial charge in [-0.15, -0.1) is 0 Å². The highest BCUT2D eigenvalue weighted by atomic mass is 14.0. The highest BCUT2D eigenvalue weighted by Crippen LogP contribution is 2.13. The fourth-order valence-electron chi connectivity index (χ4n) is 2.97. The highest BCUT2D eigenvalue weighted by Gasteiger charge is 1.94. The molecule has 1 aromatic carbocycles. The summed E-state index contributed by atoms with van der Waals surface area (Å²) in [4.78, 5) is 0. The van der Waals surface area contributed by atoms with E-state index in [1.165, 1.54) is 82.6 Å². The van der Waals surface area contributed by atoms with Gasteiger partial charge in [0.05, 0.1) is 0 Å². The van der Waals surface area contributed by atoms with Crippen molar-refractivity contribution in [3.05, 3.63) is 72.9 Å². The normalized spacial score (nSPS) is 11.5. The molecule has 0 amide bonds. The van der Waals surface area contributed by atoms with Gasteiger partial charge in [-0.2, -0.15) is 0 Å². The summed E-state index contributed by atoms with van der Waals surface area (Å²) in [6.07, 6.45) is 26.6. The van der Waals surface area contributed by atoms with E-state index in [1.54, 1.807) is 0 Å². The molecule has 132 valence electrons. The van der Waals surface area contributed by atoms with Crippen molar-refractivity contribution in [1.29, 1.82) is 0 Å². The largest absolute Gasteiger partial charge is 0.0991 e. The summed E-state index contributed by atoms with van der Waals surface area (Å²) in [5, 5.41) is 0. The molecule has 0 N–H and O–H groups in total. The third kappa shape index (κ3) is 12.9. The van der Waals surface area contributed by atoms with E-state index in [-0.39, 0.29) is 0 Å². The Labute approximate surface area is 150 Å². The van der Waals surface area contributed by atoms with Crippen LogP contribution in [0.5, 0.6) is 0 Å². The first-order chi connectivity index (χ1) is 11.9. The number of unbranched alkanes of at least 4 members (excludes halogenated alkanes) is 10. The first-order valence-electron chi connectivity index (χ1n) is 9.91. The molecule has 0 spiro atoms. The van der Waals surface area contributed by atoms with Crippen LogP contribution in [0.15, 0.2) is 67.3 Å². The van der Waals surface area contributed by atoms with Gasteiger partial charge >= 0.3 is 0 Å². The van der Waals surface area contributed by atoms with E-state index in [0.717, 1.165) is 0 Å². The Hall–Kier alpha value is -1.56. The second kappa shape index (κ2) is 16.3. The Morgan fingerprint density at radius 1 is 0.625 bits per heavy atom. The number of benzene rings is 1. The van der Waals surface area contributed by atoms with Crippen molar-refractivity contribution in [3.63, 3.8) is 0 Å². The van der Waals surface area contributed by atoms with Crippen molar-refractivity contribution < 1.29 is 0 Å². The van der Waals surface area contributed by atoms with Gasteiger partial charge in [-0.05, 0) is 31.2 Å². The van der Waals surface area contributed by atoms with Crippen molar-refractivity contribution in [3.8, 4) is 0 Å². The van der Waals surface area contributed by atoms with Gasteiger partial charge in [0, 0.05) is 0 Å². The van der Waals surface area contributed by atoms with Gasteiger partial charge in [0.25, 0.3) is 0 Å². The molecule has 0 atom stereocenters. The van der Waals surface area contributed by atoms with Crippen molar-refractivity contribution in [2.75, 3.05) is 0 Å². The van der Waals surface area contributed by atoms with Crippen LogP contribution in [0.25, 0.3) is 0 Å². The van der Waals surface area contributed by atoms with Gasteiger partial charge in [0.2, 0.25) is 0 Å². The predicted molar refractivity (Wildman–Crippen MR) is 109 cm³/mol. The molecule has 0 saturated heterocycles. The van der Waals surface area contributed by atoms with E-state index in [0.29, 0.717) is 0 Å². The van der Waals surface area contributed by atoms with Crippen LogP contribution in [0, 0.1) is 0 Å². The van der Waals surface area contributed by atoms with Crippen LogP contribution in [0.3, 0.4) is 0 Å². The average Bonchev–Trinajstić information content (AvgIpc) is 2.62. The lowest BCUT2D eigenvalue weighted by Gasteiger charge is -2.03. The van der Waals surface area contributed by atoms with E-state index >= 15 is 0 Å². The van der Waals surface area contributed by atoms with Crippen LogP contribution in [-0.4, -0.2) is 0 Å². The van der Waals surface area contributed by atoms with Crippen LogP contribution < -0.4 is 0 Å². The van der Waals surface area contributed by atoms with Crippen molar-refractivity contribution in [1.82, 2.24) is 0 Å². The number of hydrogen-bond donors (Lipinski definition) is 0. The summed E-state index contributed by atoms with van der Waals surface area (Å²) >= 11 is 0. The Bertz CT molecular complexity index is 438. The number of aryl methyl sites for hydroxylation is 1. The van der Waals surface area contributed by atoms with Crippen LogP contribution in [0.2, 0.25) is 0 Å². The fraction of sp³-hybridized carbons (Fsp3) is 0.500. The number of allylic oxidation sites excluding steroid dienone is 5. The van der Waals surface area contributed by atoms with Crippen LogP contribution in [-0.2, 0) is 6.42 Å². The van der Waals surface area contributed by atoms with Crippen LogP contribution in [0.1, 0.15) is 76.2 Å². The molecule has 0 bridgehead atoms. The summed E-state index contributed by atoms with van der Waals surface area (Å²) in [7, 11) is 0. The van der Waals surface area contributed by atoms with Gasteiger partial charge in [-0.25, -0.2) is 0 Å². The third-order valence-corrected chi connectivity index (χ3v) is 4.42. The van der Waals surface area contributed by atoms with E-state index in [1.807, 2.05) is 18.2 Å². The van der Waals surface area contributed by atoms with Gasteiger partial charge < -0.3 is 0 Å². The molecule has 0 aliphatic heterocycles. The van der Waals surface area contributed by atoms with Gasteiger partial charge in [0.1, 0.15) is 0 Å². The zero-order valence-electron chi connectivity index (χ0n) is 15.5. The minimum atomic E-state index is 1.21. The lowest BCUT2D eigenvalue weighted by atomic mass is 10.0. The van der Waals surface area contributed by atoms with E-state index in [9.17, 15) is 0 Å². The standard InChI is InChI=1S/C24H36/c1-2-3-4-5-6-7-8-9-10-11-12-13-14-15-16-18-21-24-22-19-17-20-23-24/h2-6,17,19-20,22-23H,1,7-16,18,21H2. The average molecular weight is 325 g/mol. The topological polar surface area (TPSA) is 0 Å². The van der Waals surface area contributed by atoms with E-state index < -0.39 is 0 Å². The second-order valence-electron chi connectivity index (χ2n) is 6.61. The SMILES string of the molecule is C=CC=CC=CCCCCCCCCCCCCc1ccccc1. The second-order valence-corrected chi connectivity index (χ2v) is 6.61. The molecule has 1 rings (SSSR count). The molecular weight excluding hydrogens is 288 g/mol. The summed E-state index contributed by atoms with van der Waals surface area (Å²) in [6.45, 7) is 3.66. The Morgan fingerprint density at radius 2 is 1.21 bits per heavy atom. The lowest BCUT2D eigenvalue weighted by Crippen LogP contribution is -1.86. The highest BCUT2D eigenvalue weighted by molar-refractivity contribution is 5.14. The molecule has 1 aromatic rings. The molecule has 24 heavy (non-hydrogen) atoms. The zero-order valence-corrected chi connectivity index (χ0v) is 15.5. The van der Waals surface area contributed by atoms with Crippen molar-refractivity contribution >= 4 is 0 Å². The quantitative estimate of drug-likeness (QED) is 0.228. The maximum atomic E-state index is 3.66. The maximum absolute atomic E-state index is 3.66. The number of rotatable bonds is 15. The van der Waals surface area contributed by atoms with Crippen LogP contribution >= 0.6 is 0 Å². The molecule has 0 unspecified atom stereocenters. The number of hydrogen-bond acceptors (Lipinski definition) is 0. The van der Waals surface area contributed by atoms with Gasteiger partial charge in [-0.1, -0.05) is 119 Å². The van der Waals surface area contributed by atoms with E-state index in [4.69, 9.17) is 0 Å². The molecule has 0 aliphatic rings. The van der Waals surface area contributed by atoms with Crippen molar-refractivity contribution in [2.45, 2.75) is 77.0 Å². The van der Waals surface area contributed by atoms with Gasteiger partial charge in [-0.3, -0.25) is 0 Å². The molecule has 0 heteroatoms. The third-order valence-electron chi connectivity index (χ3n) is 4.42. The first-order valence-corrected chi connectivity index (χ1v) is 9.91. The first kappa shape index (κ1) is 20.5. The summed E-state index contributed by atoms with van der Waals surface area (Å²) in [5.41, 5.74) is 1.49. The Balaban J connectivity index is 1.77. The molecule has 0 nitrogen and oxygen atoms in total. The fourth-order valence-corrected chi connectivity index (χ4v) is 2.97. The van der Waals surface area contributed by atoms with E-state index in [2.05, 4.69) is 49.1 Å². The predicted octanol–water partition coefficient (Wildman–Crippen LogP) is 7.82. The minimum absolute atomic E-state index is 1.21. The Kier molecular flexibility index (Phi) is 13.9. The monoisotopic (exact) mass is 324 g/mol. The molecule has 0 heterocycles. The van der Waals surface area contributed by atoms with Gasteiger partial charge in [0.15, 0.2) is 0 Å². The molecule has 0 aliphatic carbocycles. The maximum Gasteiger partial charge on any atom is -0.0279 e. The molecule has 0 saturated carbocycles. The zero-order chi connectivity index (χ0) is 17.1. The minimum Gasteiger partial charge on any atom is -0.0991 e. The van der Waals surface area contributed by atoms with Crippen molar-refractivity contribution in [2.24, 2.45) is 0 Å².